The molecular weight excluding hydrogens is 390 g/mol. The zero-order valence-electron chi connectivity index (χ0n) is 14.6. The largest absolute Gasteiger partial charge is 0.497 e. The number of thiophene rings is 1. The van der Waals surface area contributed by atoms with Gasteiger partial charge >= 0.3 is 5.97 Å². The number of halogens is 1. The number of carbonyl (C=O) groups excluding carboxylic acids is 2. The topological polar surface area (TPSA) is 73.9 Å². The van der Waals surface area contributed by atoms with Crippen LogP contribution >= 0.6 is 22.9 Å². The van der Waals surface area contributed by atoms with Crippen LogP contribution in [0.3, 0.4) is 0 Å². The van der Waals surface area contributed by atoms with Crippen molar-refractivity contribution in [2.75, 3.05) is 26.1 Å². The van der Waals surface area contributed by atoms with Gasteiger partial charge in [-0.05, 0) is 6.07 Å². The molecule has 140 valence electrons. The summed E-state index contributed by atoms with van der Waals surface area (Å²) in [6.45, 7) is -0.442. The van der Waals surface area contributed by atoms with E-state index in [1.165, 1.54) is 25.6 Å². The van der Waals surface area contributed by atoms with Crippen LogP contribution in [-0.2, 0) is 9.53 Å². The van der Waals surface area contributed by atoms with Crippen LogP contribution in [0.4, 0.5) is 5.69 Å². The lowest BCUT2D eigenvalue weighted by Gasteiger charge is -2.10. The molecule has 0 saturated carbocycles. The summed E-state index contributed by atoms with van der Waals surface area (Å²) in [5.74, 6) is -0.0760. The van der Waals surface area contributed by atoms with Crippen molar-refractivity contribution >= 4 is 50.6 Å². The molecule has 0 aliphatic heterocycles. The Bertz CT molecular complexity index is 979. The third-order valence-corrected chi connectivity index (χ3v) is 5.35. The Kier molecular flexibility index (Phi) is 5.83. The molecule has 0 bridgehead atoms. The highest BCUT2D eigenvalue weighted by Crippen LogP contribution is 2.35. The van der Waals surface area contributed by atoms with Gasteiger partial charge in [0, 0.05) is 34.0 Å². The van der Waals surface area contributed by atoms with Crippen molar-refractivity contribution in [1.29, 1.82) is 0 Å². The van der Waals surface area contributed by atoms with E-state index in [4.69, 9.17) is 25.8 Å². The normalized spacial score (nSPS) is 10.5. The molecule has 0 aliphatic carbocycles. The van der Waals surface area contributed by atoms with E-state index in [-0.39, 0.29) is 4.88 Å². The Morgan fingerprint density at radius 2 is 1.74 bits per heavy atom. The first kappa shape index (κ1) is 19.0. The number of esters is 1. The van der Waals surface area contributed by atoms with Gasteiger partial charge in [0.25, 0.3) is 5.91 Å². The predicted octanol–water partition coefficient (Wildman–Crippen LogP) is 4.37. The lowest BCUT2D eigenvalue weighted by atomic mass is 10.2. The van der Waals surface area contributed by atoms with Gasteiger partial charge in [-0.1, -0.05) is 29.8 Å². The number of hydrogen-bond donors (Lipinski definition) is 1. The van der Waals surface area contributed by atoms with Gasteiger partial charge in [0.1, 0.15) is 16.4 Å². The van der Waals surface area contributed by atoms with E-state index in [2.05, 4.69) is 5.32 Å². The maximum absolute atomic E-state index is 12.3. The quantitative estimate of drug-likeness (QED) is 0.616. The number of ether oxygens (including phenoxy) is 3. The summed E-state index contributed by atoms with van der Waals surface area (Å²) in [5, 5.41) is 3.75. The number of fused-ring (bicyclic) bond motifs is 1. The molecule has 0 saturated heterocycles. The molecule has 8 heteroatoms. The van der Waals surface area contributed by atoms with Gasteiger partial charge in [-0.2, -0.15) is 0 Å². The molecule has 1 heterocycles. The van der Waals surface area contributed by atoms with Gasteiger partial charge in [-0.15, -0.1) is 11.3 Å². The van der Waals surface area contributed by atoms with Gasteiger partial charge < -0.3 is 19.5 Å². The van der Waals surface area contributed by atoms with E-state index in [0.717, 1.165) is 10.1 Å². The van der Waals surface area contributed by atoms with Crippen LogP contribution in [0.15, 0.2) is 42.5 Å². The van der Waals surface area contributed by atoms with Crippen LogP contribution in [0.5, 0.6) is 11.5 Å². The zero-order valence-corrected chi connectivity index (χ0v) is 16.1. The molecular formula is C19H16ClNO5S. The molecule has 0 atom stereocenters. The highest BCUT2D eigenvalue weighted by Gasteiger charge is 2.19. The maximum Gasteiger partial charge on any atom is 0.350 e. The number of benzene rings is 2. The van der Waals surface area contributed by atoms with E-state index < -0.39 is 18.5 Å². The standard InChI is InChI=1S/C19H16ClNO5S/c1-24-12-7-11(8-13(9-12)25-2)21-16(22)10-26-19(23)18-17(20)14-5-3-4-6-15(14)27-18/h3-9H,10H2,1-2H3,(H,21,22). The minimum atomic E-state index is -0.639. The first-order valence-electron chi connectivity index (χ1n) is 7.89. The van der Waals surface area contributed by atoms with Crippen LogP contribution in [0.2, 0.25) is 5.02 Å². The van der Waals surface area contributed by atoms with Crippen molar-refractivity contribution in [1.82, 2.24) is 0 Å². The second-order valence-electron chi connectivity index (χ2n) is 5.47. The molecule has 2 aromatic carbocycles. The summed E-state index contributed by atoms with van der Waals surface area (Å²) >= 11 is 7.47. The second kappa shape index (κ2) is 8.28. The summed E-state index contributed by atoms with van der Waals surface area (Å²) < 4.78 is 16.3. The van der Waals surface area contributed by atoms with E-state index in [0.29, 0.717) is 22.2 Å². The molecule has 0 radical (unpaired) electrons. The summed E-state index contributed by atoms with van der Waals surface area (Å²) in [6.07, 6.45) is 0. The Balaban J connectivity index is 1.65. The Morgan fingerprint density at radius 1 is 1.07 bits per heavy atom. The molecule has 27 heavy (non-hydrogen) atoms. The average Bonchev–Trinajstić information content (AvgIpc) is 3.02. The van der Waals surface area contributed by atoms with Gasteiger partial charge in [-0.25, -0.2) is 4.79 Å². The highest BCUT2D eigenvalue weighted by atomic mass is 35.5. The molecule has 1 N–H and O–H groups in total. The lowest BCUT2D eigenvalue weighted by Crippen LogP contribution is -2.20. The van der Waals surface area contributed by atoms with Gasteiger partial charge in [-0.3, -0.25) is 4.79 Å². The minimum Gasteiger partial charge on any atom is -0.497 e. The van der Waals surface area contributed by atoms with Crippen LogP contribution in [0, 0.1) is 0 Å². The van der Waals surface area contributed by atoms with Crippen LogP contribution in [0.1, 0.15) is 9.67 Å². The molecule has 6 nitrogen and oxygen atoms in total. The number of anilines is 1. The fourth-order valence-electron chi connectivity index (χ4n) is 2.42. The third-order valence-electron chi connectivity index (χ3n) is 3.69. The average molecular weight is 406 g/mol. The van der Waals surface area contributed by atoms with Crippen molar-refractivity contribution in [3.8, 4) is 11.5 Å². The van der Waals surface area contributed by atoms with Crippen LogP contribution in [-0.4, -0.2) is 32.7 Å². The number of methoxy groups -OCH3 is 2. The van der Waals surface area contributed by atoms with E-state index in [1.807, 2.05) is 24.3 Å². The minimum absolute atomic E-state index is 0.272. The SMILES string of the molecule is COc1cc(NC(=O)COC(=O)c2sc3ccccc3c2Cl)cc(OC)c1. The summed E-state index contributed by atoms with van der Waals surface area (Å²) in [5.41, 5.74) is 0.465. The van der Waals surface area contributed by atoms with Crippen LogP contribution in [0.25, 0.3) is 10.1 Å². The maximum atomic E-state index is 12.3. The molecule has 0 fully saturated rings. The summed E-state index contributed by atoms with van der Waals surface area (Å²) in [6, 6.07) is 12.3. The van der Waals surface area contributed by atoms with Gasteiger partial charge in [0.05, 0.1) is 19.2 Å². The summed E-state index contributed by atoms with van der Waals surface area (Å²) in [4.78, 5) is 24.7. The van der Waals surface area contributed by atoms with Crippen molar-refractivity contribution in [3.05, 3.63) is 52.4 Å². The van der Waals surface area contributed by atoms with Crippen LogP contribution < -0.4 is 14.8 Å². The number of amides is 1. The molecule has 3 aromatic rings. The Morgan fingerprint density at radius 3 is 2.37 bits per heavy atom. The zero-order chi connectivity index (χ0) is 19.4. The second-order valence-corrected chi connectivity index (χ2v) is 6.90. The Hall–Kier alpha value is -2.77. The number of carbonyl (C=O) groups is 2. The summed E-state index contributed by atoms with van der Waals surface area (Å²) in [7, 11) is 3.02. The first-order valence-corrected chi connectivity index (χ1v) is 9.08. The molecule has 1 aromatic heterocycles. The van der Waals surface area contributed by atoms with Crippen molar-refractivity contribution in [2.45, 2.75) is 0 Å². The lowest BCUT2D eigenvalue weighted by molar-refractivity contribution is -0.119. The number of rotatable bonds is 6. The monoisotopic (exact) mass is 405 g/mol. The van der Waals surface area contributed by atoms with E-state index in [1.54, 1.807) is 18.2 Å². The van der Waals surface area contributed by atoms with E-state index in [9.17, 15) is 9.59 Å². The molecule has 0 unspecified atom stereocenters. The van der Waals surface area contributed by atoms with E-state index >= 15 is 0 Å². The van der Waals surface area contributed by atoms with Gasteiger partial charge in [0.2, 0.25) is 0 Å². The molecule has 3 rings (SSSR count). The molecule has 0 aliphatic rings. The molecule has 0 spiro atoms. The Labute approximate surface area is 164 Å². The molecule has 1 amide bonds. The predicted molar refractivity (Wildman–Crippen MR) is 105 cm³/mol. The smallest absolute Gasteiger partial charge is 0.350 e. The fourth-order valence-corrected chi connectivity index (χ4v) is 3.82. The first-order chi connectivity index (χ1) is 13.0. The number of nitrogens with one attached hydrogen (secondary N) is 1. The fraction of sp³-hybridized carbons (Fsp3) is 0.158. The highest BCUT2D eigenvalue weighted by molar-refractivity contribution is 7.21. The third kappa shape index (κ3) is 4.32. The van der Waals surface area contributed by atoms with Gasteiger partial charge in [0.15, 0.2) is 6.61 Å². The van der Waals surface area contributed by atoms with Crippen molar-refractivity contribution in [3.63, 3.8) is 0 Å². The van der Waals surface area contributed by atoms with Crippen molar-refractivity contribution < 1.29 is 23.8 Å². The van der Waals surface area contributed by atoms with Crippen molar-refractivity contribution in [2.24, 2.45) is 0 Å². The number of hydrogen-bond acceptors (Lipinski definition) is 6.